The first-order valence-corrected chi connectivity index (χ1v) is 3.34. The highest BCUT2D eigenvalue weighted by molar-refractivity contribution is 4.81. The van der Waals surface area contributed by atoms with Crippen molar-refractivity contribution in [1.29, 1.82) is 0 Å². The number of nitrogens with zero attached hydrogens (tertiary/aromatic N) is 1. The molecule has 0 amide bonds. The van der Waals surface area contributed by atoms with E-state index in [1.807, 2.05) is 5.06 Å². The predicted octanol–water partition coefficient (Wildman–Crippen LogP) is 1.24. The van der Waals surface area contributed by atoms with Gasteiger partial charge in [0, 0.05) is 13.1 Å². The SMILES string of the molecule is CC(C)(C)ON1C[CH]C1. The fourth-order valence-electron chi connectivity index (χ4n) is 0.696. The molecule has 1 aliphatic rings. The normalized spacial score (nSPS) is 21.7. The smallest absolute Gasteiger partial charge is 0.0815 e. The minimum absolute atomic E-state index is 0.0196. The highest BCUT2D eigenvalue weighted by atomic mass is 16.7. The van der Waals surface area contributed by atoms with Crippen molar-refractivity contribution in [3.05, 3.63) is 6.42 Å². The number of hydrogen-bond donors (Lipinski definition) is 0. The molecule has 0 spiro atoms. The molecule has 53 valence electrons. The van der Waals surface area contributed by atoms with Crippen LogP contribution in [0.4, 0.5) is 0 Å². The van der Waals surface area contributed by atoms with E-state index in [4.69, 9.17) is 4.84 Å². The maximum Gasteiger partial charge on any atom is 0.0815 e. The first-order valence-electron chi connectivity index (χ1n) is 3.34. The van der Waals surface area contributed by atoms with Crippen LogP contribution in [0, 0.1) is 6.42 Å². The third kappa shape index (κ3) is 2.33. The van der Waals surface area contributed by atoms with Crippen molar-refractivity contribution in [2.45, 2.75) is 26.4 Å². The zero-order chi connectivity index (χ0) is 6.91. The summed E-state index contributed by atoms with van der Waals surface area (Å²) in [6, 6.07) is 0. The molecule has 0 aromatic rings. The molecule has 0 aromatic carbocycles. The molecule has 0 aromatic heterocycles. The molecular weight excluding hydrogens is 114 g/mol. The molecule has 0 bridgehead atoms. The Labute approximate surface area is 56.8 Å². The fraction of sp³-hybridized carbons (Fsp3) is 0.857. The van der Waals surface area contributed by atoms with Gasteiger partial charge in [-0.25, -0.2) is 0 Å². The Morgan fingerprint density at radius 1 is 1.33 bits per heavy atom. The van der Waals surface area contributed by atoms with Crippen LogP contribution in [0.2, 0.25) is 0 Å². The lowest BCUT2D eigenvalue weighted by Gasteiger charge is -2.35. The third-order valence-electron chi connectivity index (χ3n) is 1.07. The monoisotopic (exact) mass is 128 g/mol. The Morgan fingerprint density at radius 3 is 2.00 bits per heavy atom. The molecule has 9 heavy (non-hydrogen) atoms. The van der Waals surface area contributed by atoms with Crippen LogP contribution in [0.25, 0.3) is 0 Å². The van der Waals surface area contributed by atoms with Gasteiger partial charge >= 0.3 is 0 Å². The molecule has 1 radical (unpaired) electrons. The topological polar surface area (TPSA) is 12.5 Å². The Morgan fingerprint density at radius 2 is 1.89 bits per heavy atom. The largest absolute Gasteiger partial charge is 0.293 e. The van der Waals surface area contributed by atoms with Crippen LogP contribution < -0.4 is 0 Å². The number of hydrogen-bond acceptors (Lipinski definition) is 2. The molecule has 0 N–H and O–H groups in total. The first-order chi connectivity index (χ1) is 4.08. The van der Waals surface area contributed by atoms with Crippen LogP contribution in [-0.2, 0) is 4.84 Å². The number of rotatable bonds is 1. The van der Waals surface area contributed by atoms with E-state index in [9.17, 15) is 0 Å². The van der Waals surface area contributed by atoms with E-state index in [2.05, 4.69) is 27.2 Å². The minimum atomic E-state index is -0.0196. The van der Waals surface area contributed by atoms with Gasteiger partial charge in [-0.05, 0) is 27.2 Å². The van der Waals surface area contributed by atoms with Gasteiger partial charge in [0.15, 0.2) is 0 Å². The quantitative estimate of drug-likeness (QED) is 0.526. The summed E-state index contributed by atoms with van der Waals surface area (Å²) in [5.41, 5.74) is -0.0196. The van der Waals surface area contributed by atoms with Gasteiger partial charge < -0.3 is 0 Å². The predicted molar refractivity (Wildman–Crippen MR) is 36.7 cm³/mol. The van der Waals surface area contributed by atoms with Crippen LogP contribution in [0.15, 0.2) is 0 Å². The van der Waals surface area contributed by atoms with Gasteiger partial charge in [0.25, 0.3) is 0 Å². The van der Waals surface area contributed by atoms with Crippen molar-refractivity contribution in [1.82, 2.24) is 5.06 Å². The van der Waals surface area contributed by atoms with Gasteiger partial charge in [0.05, 0.1) is 5.60 Å². The molecule has 1 fully saturated rings. The van der Waals surface area contributed by atoms with Gasteiger partial charge in [-0.3, -0.25) is 4.84 Å². The molecule has 2 heteroatoms. The van der Waals surface area contributed by atoms with E-state index >= 15 is 0 Å². The standard InChI is InChI=1S/C7H14NO/c1-7(2,3)9-8-5-4-6-8/h4H,5-6H2,1-3H3. The van der Waals surface area contributed by atoms with E-state index < -0.39 is 0 Å². The highest BCUT2D eigenvalue weighted by Crippen LogP contribution is 2.14. The summed E-state index contributed by atoms with van der Waals surface area (Å²) in [6.07, 6.45) is 2.19. The lowest BCUT2D eigenvalue weighted by atomic mass is 10.2. The summed E-state index contributed by atoms with van der Waals surface area (Å²) in [5.74, 6) is 0. The molecular formula is C7H14NO. The summed E-state index contributed by atoms with van der Waals surface area (Å²) < 4.78 is 0. The Bertz CT molecular complexity index is 91.6. The van der Waals surface area contributed by atoms with Gasteiger partial charge in [-0.1, -0.05) is 0 Å². The van der Waals surface area contributed by atoms with E-state index in [1.165, 1.54) is 0 Å². The van der Waals surface area contributed by atoms with E-state index in [0.29, 0.717) is 0 Å². The van der Waals surface area contributed by atoms with Crippen molar-refractivity contribution in [2.75, 3.05) is 13.1 Å². The maximum atomic E-state index is 5.48. The molecule has 1 saturated heterocycles. The second-order valence-corrected chi connectivity index (χ2v) is 3.34. The van der Waals surface area contributed by atoms with Crippen LogP contribution in [-0.4, -0.2) is 23.8 Å². The van der Waals surface area contributed by atoms with Crippen molar-refractivity contribution >= 4 is 0 Å². The van der Waals surface area contributed by atoms with Crippen molar-refractivity contribution in [3.8, 4) is 0 Å². The van der Waals surface area contributed by atoms with Crippen LogP contribution in [0.3, 0.4) is 0 Å². The molecule has 1 aliphatic heterocycles. The van der Waals surface area contributed by atoms with Gasteiger partial charge in [-0.15, -0.1) is 0 Å². The van der Waals surface area contributed by atoms with E-state index in [-0.39, 0.29) is 5.60 Å². The third-order valence-corrected chi connectivity index (χ3v) is 1.07. The zero-order valence-corrected chi connectivity index (χ0v) is 6.35. The van der Waals surface area contributed by atoms with Crippen molar-refractivity contribution in [2.24, 2.45) is 0 Å². The minimum Gasteiger partial charge on any atom is -0.293 e. The van der Waals surface area contributed by atoms with Gasteiger partial charge in [-0.2, -0.15) is 5.06 Å². The lowest BCUT2D eigenvalue weighted by molar-refractivity contribution is -0.242. The molecule has 0 saturated carbocycles. The van der Waals surface area contributed by atoms with Crippen molar-refractivity contribution in [3.63, 3.8) is 0 Å². The second-order valence-electron chi connectivity index (χ2n) is 3.34. The molecule has 0 aliphatic carbocycles. The van der Waals surface area contributed by atoms with Crippen LogP contribution in [0.1, 0.15) is 20.8 Å². The highest BCUT2D eigenvalue weighted by Gasteiger charge is 2.21. The fourth-order valence-corrected chi connectivity index (χ4v) is 0.696. The zero-order valence-electron chi connectivity index (χ0n) is 6.35. The van der Waals surface area contributed by atoms with E-state index in [1.54, 1.807) is 0 Å². The molecule has 1 rings (SSSR count). The maximum absolute atomic E-state index is 5.48. The number of hydroxylamine groups is 2. The average molecular weight is 128 g/mol. The van der Waals surface area contributed by atoms with Gasteiger partial charge in [0.2, 0.25) is 0 Å². The van der Waals surface area contributed by atoms with E-state index in [0.717, 1.165) is 13.1 Å². The summed E-state index contributed by atoms with van der Waals surface area (Å²) >= 11 is 0. The summed E-state index contributed by atoms with van der Waals surface area (Å²) in [4.78, 5) is 5.48. The van der Waals surface area contributed by atoms with Gasteiger partial charge in [0.1, 0.15) is 0 Å². The molecule has 0 atom stereocenters. The summed E-state index contributed by atoms with van der Waals surface area (Å²) in [6.45, 7) is 8.15. The summed E-state index contributed by atoms with van der Waals surface area (Å²) in [7, 11) is 0. The van der Waals surface area contributed by atoms with Crippen LogP contribution in [0.5, 0.6) is 0 Å². The Balaban J connectivity index is 2.16. The average Bonchev–Trinajstić information content (AvgIpc) is 1.53. The van der Waals surface area contributed by atoms with Crippen LogP contribution >= 0.6 is 0 Å². The summed E-state index contributed by atoms with van der Waals surface area (Å²) in [5, 5.41) is 1.96. The Kier molecular flexibility index (Phi) is 1.78. The molecule has 1 heterocycles. The van der Waals surface area contributed by atoms with Crippen molar-refractivity contribution < 1.29 is 4.84 Å². The molecule has 2 nitrogen and oxygen atoms in total. The Hall–Kier alpha value is -0.0800. The first kappa shape index (κ1) is 7.03. The lowest BCUT2D eigenvalue weighted by Crippen LogP contribution is -2.43. The second kappa shape index (κ2) is 2.27. The molecule has 0 unspecified atom stereocenters.